The van der Waals surface area contributed by atoms with Crippen molar-refractivity contribution in [3.05, 3.63) is 12.7 Å². The first-order valence-corrected chi connectivity index (χ1v) is 16.5. The summed E-state index contributed by atoms with van der Waals surface area (Å²) in [4.78, 5) is 115. The van der Waals surface area contributed by atoms with E-state index in [-0.39, 0.29) is 25.9 Å². The summed E-state index contributed by atoms with van der Waals surface area (Å²) < 4.78 is 0. The summed E-state index contributed by atoms with van der Waals surface area (Å²) >= 11 is 0. The number of rotatable bonds is 21. The predicted octanol–water partition coefficient (Wildman–Crippen LogP) is -1.82. The van der Waals surface area contributed by atoms with Gasteiger partial charge in [-0.1, -0.05) is 33.8 Å². The second kappa shape index (κ2) is 20.6. The number of likely N-dealkylation sites (N-methyl/N-ethyl adjacent to an activating group) is 1. The first-order chi connectivity index (χ1) is 23.4. The van der Waals surface area contributed by atoms with Crippen LogP contribution in [0.2, 0.25) is 0 Å². The van der Waals surface area contributed by atoms with Crippen LogP contribution in [0.3, 0.4) is 0 Å². The summed E-state index contributed by atoms with van der Waals surface area (Å²) in [6.07, 6.45) is 0.376. The number of carboxylic acids is 2. The summed E-state index contributed by atoms with van der Waals surface area (Å²) in [6.45, 7) is 12.1. The quantitative estimate of drug-likeness (QED) is 0.0483. The third kappa shape index (κ3) is 13.2. The van der Waals surface area contributed by atoms with Crippen molar-refractivity contribution >= 4 is 53.2 Å². The van der Waals surface area contributed by atoms with Crippen molar-refractivity contribution in [3.63, 3.8) is 0 Å². The molecule has 1 fully saturated rings. The molecule has 0 saturated carbocycles. The lowest BCUT2D eigenvalue weighted by Gasteiger charge is -2.33. The molecule has 0 aromatic rings. The highest BCUT2D eigenvalue weighted by molar-refractivity contribution is 6.38. The summed E-state index contributed by atoms with van der Waals surface area (Å²) in [6, 6.07) is -7.64. The van der Waals surface area contributed by atoms with Crippen LogP contribution in [0.25, 0.3) is 0 Å². The number of hydrogen-bond donors (Lipinski definition) is 8. The van der Waals surface area contributed by atoms with Gasteiger partial charge in [0.25, 0.3) is 5.91 Å². The second-order valence-corrected chi connectivity index (χ2v) is 12.7. The van der Waals surface area contributed by atoms with Crippen LogP contribution < -0.4 is 32.3 Å². The van der Waals surface area contributed by atoms with Crippen molar-refractivity contribution in [2.75, 3.05) is 13.1 Å². The van der Waals surface area contributed by atoms with E-state index in [0.29, 0.717) is 6.42 Å². The summed E-state index contributed by atoms with van der Waals surface area (Å²) in [5, 5.41) is 30.4. The number of ketones is 1. The first kappa shape index (κ1) is 43.2. The van der Waals surface area contributed by atoms with Crippen LogP contribution in [-0.2, 0) is 43.2 Å². The Labute approximate surface area is 290 Å². The number of carbonyl (C=O) groups excluding carboxylic acids is 7. The van der Waals surface area contributed by atoms with Gasteiger partial charge in [-0.05, 0) is 44.4 Å². The summed E-state index contributed by atoms with van der Waals surface area (Å²) in [5.41, 5.74) is 5.58. The number of likely N-dealkylation sites (tertiary alicyclic amines) is 1. The minimum atomic E-state index is -1.53. The number of carboxylic acid groups (broad SMARTS) is 2. The molecule has 1 heterocycles. The maximum Gasteiger partial charge on any atom is 0.305 e. The van der Waals surface area contributed by atoms with Crippen molar-refractivity contribution in [1.82, 2.24) is 31.5 Å². The lowest BCUT2D eigenvalue weighted by Crippen LogP contribution is -2.61. The highest BCUT2D eigenvalue weighted by Gasteiger charge is 2.41. The average Bonchev–Trinajstić information content (AvgIpc) is 3.53. The second-order valence-electron chi connectivity index (χ2n) is 12.7. The van der Waals surface area contributed by atoms with E-state index in [4.69, 9.17) is 15.9 Å². The Morgan fingerprint density at radius 3 is 1.96 bits per heavy atom. The van der Waals surface area contributed by atoms with Gasteiger partial charge < -0.3 is 47.4 Å². The molecule has 1 aliphatic rings. The number of nitrogens with one attached hydrogen (secondary N) is 5. The summed E-state index contributed by atoms with van der Waals surface area (Å²) in [7, 11) is 0. The predicted molar refractivity (Wildman–Crippen MR) is 178 cm³/mol. The molecule has 0 radical (unpaired) electrons. The van der Waals surface area contributed by atoms with Crippen LogP contribution in [0.4, 0.5) is 0 Å². The van der Waals surface area contributed by atoms with Gasteiger partial charge in [-0.2, -0.15) is 0 Å². The van der Waals surface area contributed by atoms with Gasteiger partial charge in [0.1, 0.15) is 30.2 Å². The fourth-order valence-electron chi connectivity index (χ4n) is 5.20. The summed E-state index contributed by atoms with van der Waals surface area (Å²) in [5.74, 6) is -9.40. The van der Waals surface area contributed by atoms with E-state index >= 15 is 0 Å². The number of aliphatic carboxylic acids is 2. The molecule has 9 N–H and O–H groups in total. The molecule has 0 aromatic carbocycles. The Morgan fingerprint density at radius 2 is 1.44 bits per heavy atom. The number of amides is 6. The number of carbonyl (C=O) groups is 9. The Bertz CT molecular complexity index is 1300. The zero-order valence-corrected chi connectivity index (χ0v) is 29.2. The van der Waals surface area contributed by atoms with Crippen molar-refractivity contribution in [2.45, 2.75) is 109 Å². The molecular formula is C32H51N7O11. The van der Waals surface area contributed by atoms with E-state index in [1.54, 1.807) is 34.6 Å². The van der Waals surface area contributed by atoms with Gasteiger partial charge in [-0.15, -0.1) is 6.58 Å². The minimum absolute atomic E-state index is 0.0225. The molecule has 6 atom stereocenters. The molecule has 0 aromatic heterocycles. The molecule has 18 nitrogen and oxygen atoms in total. The SMILES string of the molecule is C=CCC(NC(=O)[C@H]1CCCN1C(=O)[C@@H](NC(=O)[C@@H](NC(=O)[C@H](CCC(=O)O)NC(=O)[C@@H](N)CC(=O)O)C(C)C)C(C)C)C(=O)C(=O)NCC. The van der Waals surface area contributed by atoms with Crippen LogP contribution in [0, 0.1) is 11.8 Å². The zero-order chi connectivity index (χ0) is 38.3. The van der Waals surface area contributed by atoms with Crippen LogP contribution in [0.1, 0.15) is 73.1 Å². The molecule has 50 heavy (non-hydrogen) atoms. The fraction of sp³-hybridized carbons (Fsp3) is 0.656. The molecule has 0 bridgehead atoms. The molecule has 280 valence electrons. The van der Waals surface area contributed by atoms with Crippen molar-refractivity contribution < 1.29 is 53.4 Å². The van der Waals surface area contributed by atoms with Crippen molar-refractivity contribution in [1.29, 1.82) is 0 Å². The van der Waals surface area contributed by atoms with Crippen LogP contribution >= 0.6 is 0 Å². The third-order valence-corrected chi connectivity index (χ3v) is 7.92. The highest BCUT2D eigenvalue weighted by Crippen LogP contribution is 2.21. The third-order valence-electron chi connectivity index (χ3n) is 7.92. The van der Waals surface area contributed by atoms with Gasteiger partial charge in [-0.25, -0.2) is 0 Å². The zero-order valence-electron chi connectivity index (χ0n) is 29.2. The van der Waals surface area contributed by atoms with Crippen molar-refractivity contribution in [2.24, 2.45) is 17.6 Å². The normalized spacial score (nSPS) is 17.0. The number of nitrogens with zero attached hydrogens (tertiary/aromatic N) is 1. The Morgan fingerprint density at radius 1 is 0.840 bits per heavy atom. The van der Waals surface area contributed by atoms with E-state index in [2.05, 4.69) is 33.2 Å². The molecule has 1 saturated heterocycles. The first-order valence-electron chi connectivity index (χ1n) is 16.5. The molecule has 18 heteroatoms. The van der Waals surface area contributed by atoms with Gasteiger partial charge in [0.05, 0.1) is 12.5 Å². The van der Waals surface area contributed by atoms with E-state index in [0.717, 1.165) is 0 Å². The monoisotopic (exact) mass is 709 g/mol. The maximum atomic E-state index is 13.8. The topological polar surface area (TPSA) is 283 Å². The smallest absolute Gasteiger partial charge is 0.305 e. The Kier molecular flexibility index (Phi) is 17.8. The van der Waals surface area contributed by atoms with Gasteiger partial charge in [0.2, 0.25) is 35.3 Å². The van der Waals surface area contributed by atoms with Crippen LogP contribution in [-0.4, -0.2) is 118 Å². The van der Waals surface area contributed by atoms with Crippen LogP contribution in [0.15, 0.2) is 12.7 Å². The van der Waals surface area contributed by atoms with Gasteiger partial charge >= 0.3 is 11.9 Å². The number of Topliss-reactive ketones (excluding diaryl/α,β-unsaturated/α-hetero) is 1. The molecule has 0 aliphatic carbocycles. The minimum Gasteiger partial charge on any atom is -0.481 e. The largest absolute Gasteiger partial charge is 0.481 e. The molecule has 0 spiro atoms. The van der Waals surface area contributed by atoms with Crippen molar-refractivity contribution in [3.8, 4) is 0 Å². The fourth-order valence-corrected chi connectivity index (χ4v) is 5.20. The maximum absolute atomic E-state index is 13.8. The average molecular weight is 710 g/mol. The van der Waals surface area contributed by atoms with Gasteiger partial charge in [0, 0.05) is 19.5 Å². The Hall–Kier alpha value is -4.87. The van der Waals surface area contributed by atoms with Gasteiger partial charge in [0.15, 0.2) is 0 Å². The van der Waals surface area contributed by atoms with E-state index in [9.17, 15) is 43.2 Å². The van der Waals surface area contributed by atoms with E-state index in [1.165, 1.54) is 11.0 Å². The van der Waals surface area contributed by atoms with Crippen LogP contribution in [0.5, 0.6) is 0 Å². The standard InChI is InChI=1S/C32H51N7O11/c1-7-10-19(26(44)31(49)34-8-2)35-29(47)21-11-9-14-39(21)32(50)25(17(5)6)38-30(48)24(16(3)4)37-28(46)20(12-13-22(40)41)36-27(45)18(33)15-23(42)43/h7,16-21,24-25H,1,8-15,33H2,2-6H3,(H,34,49)(H,35,47)(H,36,45)(H,37,46)(H,38,48)(H,40,41)(H,42,43)/t18-,19?,20-,21+,24-,25-/m0/s1. The molecule has 1 aliphatic heterocycles. The number of hydrogen-bond acceptors (Lipinski definition) is 10. The number of nitrogens with two attached hydrogens (primary N) is 1. The Balaban J connectivity index is 3.17. The van der Waals surface area contributed by atoms with E-state index < -0.39 is 121 Å². The van der Waals surface area contributed by atoms with Gasteiger partial charge in [-0.3, -0.25) is 43.2 Å². The molecule has 6 amide bonds. The molecule has 1 unspecified atom stereocenters. The molecule has 1 rings (SSSR count). The lowest BCUT2D eigenvalue weighted by atomic mass is 9.98. The molecular weight excluding hydrogens is 658 g/mol. The van der Waals surface area contributed by atoms with E-state index in [1.807, 2.05) is 0 Å². The highest BCUT2D eigenvalue weighted by atomic mass is 16.4. The lowest BCUT2D eigenvalue weighted by molar-refractivity contribution is -0.144.